The SMILES string of the molecule is Cl.NC1(c2noc(-c3cc(S(=O)(=O)N4CCCC4)ccc3Cl)n2)CCCC1. The first-order valence-corrected chi connectivity index (χ1v) is 10.7. The summed E-state index contributed by atoms with van der Waals surface area (Å²) in [6.07, 6.45) is 5.44. The van der Waals surface area contributed by atoms with Gasteiger partial charge in [0.25, 0.3) is 5.89 Å². The molecule has 0 radical (unpaired) electrons. The van der Waals surface area contributed by atoms with Crippen LogP contribution in [0.3, 0.4) is 0 Å². The predicted molar refractivity (Wildman–Crippen MR) is 104 cm³/mol. The molecule has 1 saturated heterocycles. The molecule has 1 aromatic carbocycles. The normalized spacial score (nSPS) is 19.9. The summed E-state index contributed by atoms with van der Waals surface area (Å²) in [5.41, 5.74) is 6.20. The molecule has 0 spiro atoms. The van der Waals surface area contributed by atoms with E-state index < -0.39 is 15.6 Å². The summed E-state index contributed by atoms with van der Waals surface area (Å²) in [7, 11) is -3.55. The molecule has 2 fully saturated rings. The molecular weight excluding hydrogens is 411 g/mol. The van der Waals surface area contributed by atoms with Gasteiger partial charge in [0.15, 0.2) is 5.82 Å². The van der Waals surface area contributed by atoms with Gasteiger partial charge in [-0.2, -0.15) is 9.29 Å². The Morgan fingerprint density at radius 2 is 1.81 bits per heavy atom. The summed E-state index contributed by atoms with van der Waals surface area (Å²) in [4.78, 5) is 4.60. The molecule has 27 heavy (non-hydrogen) atoms. The van der Waals surface area contributed by atoms with E-state index in [1.807, 2.05) is 0 Å². The number of sulfonamides is 1. The van der Waals surface area contributed by atoms with Gasteiger partial charge in [-0.25, -0.2) is 8.42 Å². The van der Waals surface area contributed by atoms with E-state index in [-0.39, 0.29) is 23.2 Å². The van der Waals surface area contributed by atoms with Crippen molar-refractivity contribution in [2.45, 2.75) is 49.0 Å². The fraction of sp³-hybridized carbons (Fsp3) is 0.529. The fourth-order valence-electron chi connectivity index (χ4n) is 3.67. The first-order valence-electron chi connectivity index (χ1n) is 8.83. The van der Waals surface area contributed by atoms with Crippen molar-refractivity contribution in [3.8, 4) is 11.5 Å². The van der Waals surface area contributed by atoms with Crippen LogP contribution in [0.25, 0.3) is 11.5 Å². The smallest absolute Gasteiger partial charge is 0.259 e. The molecule has 1 aliphatic carbocycles. The number of nitrogens with two attached hydrogens (primary N) is 1. The van der Waals surface area contributed by atoms with E-state index in [9.17, 15) is 8.42 Å². The quantitative estimate of drug-likeness (QED) is 0.794. The third kappa shape index (κ3) is 3.73. The Balaban J connectivity index is 0.00000210. The monoisotopic (exact) mass is 432 g/mol. The van der Waals surface area contributed by atoms with Crippen molar-refractivity contribution in [1.29, 1.82) is 0 Å². The van der Waals surface area contributed by atoms with Crippen LogP contribution < -0.4 is 5.73 Å². The topological polar surface area (TPSA) is 102 Å². The third-order valence-corrected chi connectivity index (χ3v) is 7.46. The highest BCUT2D eigenvalue weighted by atomic mass is 35.5. The Morgan fingerprint density at radius 1 is 1.15 bits per heavy atom. The molecule has 7 nitrogen and oxygen atoms in total. The number of rotatable bonds is 4. The van der Waals surface area contributed by atoms with Gasteiger partial charge >= 0.3 is 0 Å². The maximum atomic E-state index is 12.8. The molecule has 4 rings (SSSR count). The zero-order valence-corrected chi connectivity index (χ0v) is 17.1. The van der Waals surface area contributed by atoms with Crippen molar-refractivity contribution in [3.05, 3.63) is 29.0 Å². The Morgan fingerprint density at radius 3 is 2.48 bits per heavy atom. The largest absolute Gasteiger partial charge is 0.334 e. The highest BCUT2D eigenvalue weighted by molar-refractivity contribution is 7.89. The van der Waals surface area contributed by atoms with Crippen molar-refractivity contribution >= 4 is 34.0 Å². The minimum Gasteiger partial charge on any atom is -0.334 e. The molecular formula is C17H22Cl2N4O3S. The molecule has 148 valence electrons. The second-order valence-electron chi connectivity index (χ2n) is 7.04. The molecule has 10 heteroatoms. The Labute approximate surface area is 169 Å². The van der Waals surface area contributed by atoms with E-state index in [0.29, 0.717) is 29.5 Å². The Kier molecular flexibility index (Phi) is 5.84. The van der Waals surface area contributed by atoms with Crippen LogP contribution in [0.2, 0.25) is 5.02 Å². The lowest BCUT2D eigenvalue weighted by atomic mass is 9.99. The van der Waals surface area contributed by atoms with Gasteiger partial charge in [0, 0.05) is 13.1 Å². The first kappa shape index (κ1) is 20.5. The van der Waals surface area contributed by atoms with E-state index in [2.05, 4.69) is 10.1 Å². The van der Waals surface area contributed by atoms with E-state index in [1.54, 1.807) is 6.07 Å². The molecule has 2 heterocycles. The van der Waals surface area contributed by atoms with Crippen molar-refractivity contribution in [3.63, 3.8) is 0 Å². The summed E-state index contributed by atoms with van der Waals surface area (Å²) < 4.78 is 32.4. The van der Waals surface area contributed by atoms with Crippen molar-refractivity contribution in [1.82, 2.24) is 14.4 Å². The zero-order chi connectivity index (χ0) is 18.4. The molecule has 1 aromatic heterocycles. The lowest BCUT2D eigenvalue weighted by Crippen LogP contribution is -2.34. The van der Waals surface area contributed by atoms with Gasteiger partial charge in [-0.1, -0.05) is 29.6 Å². The van der Waals surface area contributed by atoms with E-state index >= 15 is 0 Å². The molecule has 0 bridgehead atoms. The Bertz CT molecular complexity index is 920. The van der Waals surface area contributed by atoms with Gasteiger partial charge in [-0.3, -0.25) is 0 Å². The van der Waals surface area contributed by atoms with Crippen LogP contribution in [0.5, 0.6) is 0 Å². The molecule has 2 aromatic rings. The fourth-order valence-corrected chi connectivity index (χ4v) is 5.41. The second-order valence-corrected chi connectivity index (χ2v) is 9.38. The van der Waals surface area contributed by atoms with Crippen molar-refractivity contribution in [2.75, 3.05) is 13.1 Å². The molecule has 0 atom stereocenters. The van der Waals surface area contributed by atoms with Crippen LogP contribution in [-0.4, -0.2) is 36.0 Å². The van der Waals surface area contributed by atoms with E-state index in [4.69, 9.17) is 21.9 Å². The number of hydrogen-bond donors (Lipinski definition) is 1. The molecule has 0 amide bonds. The van der Waals surface area contributed by atoms with Gasteiger partial charge in [-0.15, -0.1) is 12.4 Å². The number of hydrogen-bond acceptors (Lipinski definition) is 6. The first-order chi connectivity index (χ1) is 12.4. The number of aromatic nitrogens is 2. The molecule has 2 aliphatic rings. The summed E-state index contributed by atoms with van der Waals surface area (Å²) in [6, 6.07) is 4.57. The Hall–Kier alpha value is -1.19. The van der Waals surface area contributed by atoms with E-state index in [0.717, 1.165) is 38.5 Å². The number of halogens is 2. The van der Waals surface area contributed by atoms with Gasteiger partial charge in [0.05, 0.1) is 21.0 Å². The van der Waals surface area contributed by atoms with E-state index in [1.165, 1.54) is 16.4 Å². The second kappa shape index (κ2) is 7.67. The van der Waals surface area contributed by atoms with Crippen LogP contribution in [-0.2, 0) is 15.6 Å². The minimum atomic E-state index is -3.55. The highest BCUT2D eigenvalue weighted by Crippen LogP contribution is 2.37. The highest BCUT2D eigenvalue weighted by Gasteiger charge is 2.36. The maximum Gasteiger partial charge on any atom is 0.259 e. The molecule has 0 unspecified atom stereocenters. The van der Waals surface area contributed by atoms with Gasteiger partial charge < -0.3 is 10.3 Å². The van der Waals surface area contributed by atoms with Crippen LogP contribution >= 0.6 is 24.0 Å². The average Bonchev–Trinajstić information content (AvgIpc) is 3.37. The summed E-state index contributed by atoms with van der Waals surface area (Å²) >= 11 is 6.28. The predicted octanol–water partition coefficient (Wildman–Crippen LogP) is 3.32. The number of benzene rings is 1. The third-order valence-electron chi connectivity index (χ3n) is 5.24. The molecule has 2 N–H and O–H groups in total. The van der Waals surface area contributed by atoms with Crippen molar-refractivity contribution < 1.29 is 12.9 Å². The summed E-state index contributed by atoms with van der Waals surface area (Å²) in [5, 5.41) is 4.39. The van der Waals surface area contributed by atoms with Crippen LogP contribution in [0, 0.1) is 0 Å². The molecule has 1 aliphatic heterocycles. The standard InChI is InChI=1S/C17H21ClN4O3S.ClH/c18-14-6-5-12(26(23,24)22-9-3-4-10-22)11-13(14)15-20-16(21-25-15)17(19)7-1-2-8-17;/h5-6,11H,1-4,7-10,19H2;1H. The zero-order valence-electron chi connectivity index (χ0n) is 14.7. The summed E-state index contributed by atoms with van der Waals surface area (Å²) in [5.74, 6) is 0.647. The van der Waals surface area contributed by atoms with Crippen LogP contribution in [0.4, 0.5) is 0 Å². The van der Waals surface area contributed by atoms with Gasteiger partial charge in [-0.05, 0) is 43.9 Å². The van der Waals surface area contributed by atoms with Crippen molar-refractivity contribution in [2.24, 2.45) is 5.73 Å². The number of nitrogens with zero attached hydrogens (tertiary/aromatic N) is 3. The average molecular weight is 433 g/mol. The minimum absolute atomic E-state index is 0. The maximum absolute atomic E-state index is 12.8. The van der Waals surface area contributed by atoms with Crippen LogP contribution in [0.1, 0.15) is 44.3 Å². The van der Waals surface area contributed by atoms with Gasteiger partial charge in [0.2, 0.25) is 10.0 Å². The molecule has 1 saturated carbocycles. The van der Waals surface area contributed by atoms with Crippen LogP contribution in [0.15, 0.2) is 27.6 Å². The van der Waals surface area contributed by atoms with Gasteiger partial charge in [0.1, 0.15) is 0 Å². The lowest BCUT2D eigenvalue weighted by Gasteiger charge is -2.17. The summed E-state index contributed by atoms with van der Waals surface area (Å²) in [6.45, 7) is 1.08. The lowest BCUT2D eigenvalue weighted by molar-refractivity contribution is 0.372.